The molecule has 2 fully saturated rings. The van der Waals surface area contributed by atoms with E-state index >= 15 is 0 Å². The molecule has 106 valence electrons. The van der Waals surface area contributed by atoms with E-state index in [0.717, 1.165) is 18.5 Å². The number of anilines is 1. The van der Waals surface area contributed by atoms with Crippen LogP contribution in [0.15, 0.2) is 6.20 Å². The van der Waals surface area contributed by atoms with Crippen LogP contribution in [0.1, 0.15) is 43.8 Å². The van der Waals surface area contributed by atoms with Gasteiger partial charge in [0.2, 0.25) is 5.95 Å². The number of hydrogen-bond acceptors (Lipinski definition) is 3. The average Bonchev–Trinajstić information content (AvgIpc) is 3.20. The lowest BCUT2D eigenvalue weighted by molar-refractivity contribution is 0.374. The van der Waals surface area contributed by atoms with E-state index in [1.165, 1.54) is 56.8 Å². The number of imidazole rings is 1. The van der Waals surface area contributed by atoms with Gasteiger partial charge in [0.05, 0.1) is 5.69 Å². The van der Waals surface area contributed by atoms with Crippen LogP contribution in [0.2, 0.25) is 0 Å². The topological polar surface area (TPSA) is 33.1 Å². The SMILES string of the molecule is CNCCC1CCN(c2nc(C)cn2C2CC2)CC1. The third kappa shape index (κ3) is 2.94. The van der Waals surface area contributed by atoms with Crippen molar-refractivity contribution in [3.05, 3.63) is 11.9 Å². The molecule has 0 bridgehead atoms. The van der Waals surface area contributed by atoms with Gasteiger partial charge in [-0.3, -0.25) is 0 Å². The zero-order chi connectivity index (χ0) is 13.2. The lowest BCUT2D eigenvalue weighted by Crippen LogP contribution is -2.36. The molecule has 0 aromatic carbocycles. The van der Waals surface area contributed by atoms with E-state index in [2.05, 4.69) is 27.9 Å². The molecule has 3 rings (SSSR count). The Morgan fingerprint density at radius 2 is 2.00 bits per heavy atom. The van der Waals surface area contributed by atoms with Crippen LogP contribution in [0.4, 0.5) is 5.95 Å². The number of rotatable bonds is 5. The first-order valence-corrected chi connectivity index (χ1v) is 7.73. The highest BCUT2D eigenvalue weighted by Gasteiger charge is 2.29. The molecule has 1 aliphatic carbocycles. The zero-order valence-electron chi connectivity index (χ0n) is 12.2. The van der Waals surface area contributed by atoms with Gasteiger partial charge < -0.3 is 14.8 Å². The Balaban J connectivity index is 1.61. The Bertz CT molecular complexity index is 414. The third-order valence-electron chi connectivity index (χ3n) is 4.47. The van der Waals surface area contributed by atoms with E-state index in [1.54, 1.807) is 0 Å². The van der Waals surface area contributed by atoms with Crippen LogP contribution in [-0.2, 0) is 0 Å². The number of piperidine rings is 1. The Labute approximate surface area is 116 Å². The number of hydrogen-bond donors (Lipinski definition) is 1. The molecule has 1 saturated heterocycles. The minimum atomic E-state index is 0.734. The number of nitrogens with zero attached hydrogens (tertiary/aromatic N) is 3. The smallest absolute Gasteiger partial charge is 0.205 e. The average molecular weight is 262 g/mol. The Morgan fingerprint density at radius 3 is 2.63 bits per heavy atom. The molecule has 1 aromatic heterocycles. The van der Waals surface area contributed by atoms with Gasteiger partial charge in [0, 0.05) is 25.3 Å². The summed E-state index contributed by atoms with van der Waals surface area (Å²) in [6, 6.07) is 0.734. The molecule has 1 N–H and O–H groups in total. The normalized spacial score (nSPS) is 21.1. The maximum absolute atomic E-state index is 4.76. The van der Waals surface area contributed by atoms with Crippen LogP contribution in [0.25, 0.3) is 0 Å². The van der Waals surface area contributed by atoms with Gasteiger partial charge in [-0.25, -0.2) is 4.98 Å². The summed E-state index contributed by atoms with van der Waals surface area (Å²) in [6.07, 6.45) is 8.86. The molecule has 1 saturated carbocycles. The molecule has 0 unspecified atom stereocenters. The van der Waals surface area contributed by atoms with Crippen molar-refractivity contribution in [3.63, 3.8) is 0 Å². The van der Waals surface area contributed by atoms with Crippen molar-refractivity contribution in [1.29, 1.82) is 0 Å². The second-order valence-corrected chi connectivity index (χ2v) is 6.14. The number of aryl methyl sites for hydroxylation is 1. The molecule has 0 radical (unpaired) electrons. The van der Waals surface area contributed by atoms with E-state index in [-0.39, 0.29) is 0 Å². The summed E-state index contributed by atoms with van der Waals surface area (Å²) in [5.41, 5.74) is 1.17. The van der Waals surface area contributed by atoms with Crippen molar-refractivity contribution >= 4 is 5.95 Å². The molecular weight excluding hydrogens is 236 g/mol. The van der Waals surface area contributed by atoms with Crippen LogP contribution in [0.5, 0.6) is 0 Å². The van der Waals surface area contributed by atoms with Crippen LogP contribution < -0.4 is 10.2 Å². The molecule has 0 spiro atoms. The summed E-state index contributed by atoms with van der Waals surface area (Å²) < 4.78 is 2.42. The van der Waals surface area contributed by atoms with Gasteiger partial charge in [0.25, 0.3) is 0 Å². The fourth-order valence-corrected chi connectivity index (χ4v) is 3.13. The molecule has 0 atom stereocenters. The van der Waals surface area contributed by atoms with Crippen LogP contribution in [0.3, 0.4) is 0 Å². The first-order valence-electron chi connectivity index (χ1n) is 7.73. The fraction of sp³-hybridized carbons (Fsp3) is 0.800. The second kappa shape index (κ2) is 5.53. The predicted molar refractivity (Wildman–Crippen MR) is 78.7 cm³/mol. The minimum absolute atomic E-state index is 0.734. The highest BCUT2D eigenvalue weighted by Crippen LogP contribution is 2.38. The van der Waals surface area contributed by atoms with Crippen molar-refractivity contribution in [2.24, 2.45) is 5.92 Å². The molecule has 1 aromatic rings. The van der Waals surface area contributed by atoms with Gasteiger partial charge in [-0.2, -0.15) is 0 Å². The van der Waals surface area contributed by atoms with Gasteiger partial charge in [-0.1, -0.05) is 0 Å². The molecule has 19 heavy (non-hydrogen) atoms. The van der Waals surface area contributed by atoms with Gasteiger partial charge in [0.15, 0.2) is 0 Å². The van der Waals surface area contributed by atoms with Crippen molar-refractivity contribution in [2.75, 3.05) is 31.6 Å². The molecule has 1 aliphatic heterocycles. The first kappa shape index (κ1) is 13.0. The first-order chi connectivity index (χ1) is 9.28. The summed E-state index contributed by atoms with van der Waals surface area (Å²) in [5, 5.41) is 3.26. The Kier molecular flexibility index (Phi) is 3.78. The van der Waals surface area contributed by atoms with Gasteiger partial charge in [-0.15, -0.1) is 0 Å². The fourth-order valence-electron chi connectivity index (χ4n) is 3.13. The number of aromatic nitrogens is 2. The van der Waals surface area contributed by atoms with E-state index in [1.807, 2.05) is 7.05 Å². The summed E-state index contributed by atoms with van der Waals surface area (Å²) >= 11 is 0. The van der Waals surface area contributed by atoms with E-state index < -0.39 is 0 Å². The molecule has 0 amide bonds. The van der Waals surface area contributed by atoms with Crippen LogP contribution in [-0.4, -0.2) is 36.2 Å². The predicted octanol–water partition coefficient (Wildman–Crippen LogP) is 2.35. The van der Waals surface area contributed by atoms with Crippen LogP contribution in [0, 0.1) is 12.8 Å². The quantitative estimate of drug-likeness (QED) is 0.884. The standard InChI is InChI=1S/C15H26N4/c1-12-11-19(14-3-4-14)15(17-12)18-9-6-13(7-10-18)5-8-16-2/h11,13-14,16H,3-10H2,1-2H3. The Morgan fingerprint density at radius 1 is 1.26 bits per heavy atom. The van der Waals surface area contributed by atoms with Crippen LogP contribution >= 0.6 is 0 Å². The maximum Gasteiger partial charge on any atom is 0.205 e. The van der Waals surface area contributed by atoms with E-state index in [9.17, 15) is 0 Å². The third-order valence-corrected chi connectivity index (χ3v) is 4.47. The molecule has 2 heterocycles. The van der Waals surface area contributed by atoms with E-state index in [0.29, 0.717) is 0 Å². The maximum atomic E-state index is 4.76. The van der Waals surface area contributed by atoms with Gasteiger partial charge in [0.1, 0.15) is 0 Å². The van der Waals surface area contributed by atoms with Crippen molar-refractivity contribution in [3.8, 4) is 0 Å². The van der Waals surface area contributed by atoms with Crippen molar-refractivity contribution < 1.29 is 0 Å². The zero-order valence-corrected chi connectivity index (χ0v) is 12.2. The minimum Gasteiger partial charge on any atom is -0.342 e. The molecule has 2 aliphatic rings. The summed E-state index contributed by atoms with van der Waals surface area (Å²) in [4.78, 5) is 7.26. The summed E-state index contributed by atoms with van der Waals surface area (Å²) in [6.45, 7) is 5.62. The summed E-state index contributed by atoms with van der Waals surface area (Å²) in [5.74, 6) is 2.13. The second-order valence-electron chi connectivity index (χ2n) is 6.14. The largest absolute Gasteiger partial charge is 0.342 e. The van der Waals surface area contributed by atoms with Crippen molar-refractivity contribution in [1.82, 2.24) is 14.9 Å². The van der Waals surface area contributed by atoms with Gasteiger partial charge >= 0.3 is 0 Å². The monoisotopic (exact) mass is 262 g/mol. The Hall–Kier alpha value is -1.03. The van der Waals surface area contributed by atoms with Gasteiger partial charge in [-0.05, 0) is 58.5 Å². The highest BCUT2D eigenvalue weighted by atomic mass is 15.3. The lowest BCUT2D eigenvalue weighted by Gasteiger charge is -2.33. The number of nitrogens with one attached hydrogen (secondary N) is 1. The lowest BCUT2D eigenvalue weighted by atomic mass is 9.94. The van der Waals surface area contributed by atoms with E-state index in [4.69, 9.17) is 4.98 Å². The summed E-state index contributed by atoms with van der Waals surface area (Å²) in [7, 11) is 2.05. The molecule has 4 heteroatoms. The highest BCUT2D eigenvalue weighted by molar-refractivity contribution is 5.35. The molecule has 4 nitrogen and oxygen atoms in total. The van der Waals surface area contributed by atoms with Crippen molar-refractivity contribution in [2.45, 2.75) is 45.1 Å². The molecular formula is C15H26N4.